The van der Waals surface area contributed by atoms with Crippen molar-refractivity contribution < 1.29 is 9.53 Å². The molecule has 2 atom stereocenters. The van der Waals surface area contributed by atoms with E-state index in [2.05, 4.69) is 18.7 Å². The average Bonchev–Trinajstić information content (AvgIpc) is 3.68. The third kappa shape index (κ3) is 24.1. The molecule has 40 heavy (non-hydrogen) atoms. The Hall–Kier alpha value is -0.570. The van der Waals surface area contributed by atoms with E-state index >= 15 is 0 Å². The van der Waals surface area contributed by atoms with Crippen LogP contribution in [0.2, 0.25) is 0 Å². The van der Waals surface area contributed by atoms with Crippen LogP contribution in [0.4, 0.5) is 0 Å². The van der Waals surface area contributed by atoms with Gasteiger partial charge in [0.1, 0.15) is 0 Å². The molecular weight excluding hydrogens is 490 g/mol. The van der Waals surface area contributed by atoms with E-state index in [1.54, 1.807) is 0 Å². The molecule has 0 saturated heterocycles. The van der Waals surface area contributed by atoms with Gasteiger partial charge in [0.15, 0.2) is 0 Å². The number of carbonyl (C=O) groups excluding carboxylic acids is 1. The lowest BCUT2D eigenvalue weighted by molar-refractivity contribution is -0.144. The summed E-state index contributed by atoms with van der Waals surface area (Å²) in [6.45, 7) is 6.22. The standard InChI is InChI=1S/C37H73NO2/c1-5-7-9-11-13-15-17-20-25-34(26-21-18-16-14-12-10-8-6-2)27-22-19-23-28-35-33-36(35)30-32-40-37(39)29-24-31-38(3)4/h34-36H,5-33H2,1-4H3. The Bertz CT molecular complexity index is 528. The van der Waals surface area contributed by atoms with Gasteiger partial charge in [-0.05, 0) is 57.7 Å². The van der Waals surface area contributed by atoms with Crippen molar-refractivity contribution in [3.05, 3.63) is 0 Å². The highest BCUT2D eigenvalue weighted by Gasteiger charge is 2.35. The predicted molar refractivity (Wildman–Crippen MR) is 176 cm³/mol. The van der Waals surface area contributed by atoms with Crippen LogP contribution in [-0.4, -0.2) is 38.1 Å². The zero-order chi connectivity index (χ0) is 29.1. The first-order valence-corrected chi connectivity index (χ1v) is 18.4. The minimum atomic E-state index is -0.00690. The van der Waals surface area contributed by atoms with Gasteiger partial charge in [0.2, 0.25) is 0 Å². The molecule has 1 rings (SSSR count). The smallest absolute Gasteiger partial charge is 0.305 e. The molecule has 0 heterocycles. The summed E-state index contributed by atoms with van der Waals surface area (Å²) in [5.74, 6) is 2.72. The van der Waals surface area contributed by atoms with E-state index in [1.165, 1.54) is 154 Å². The molecule has 0 aliphatic heterocycles. The van der Waals surface area contributed by atoms with Crippen molar-refractivity contribution in [2.75, 3.05) is 27.2 Å². The van der Waals surface area contributed by atoms with Gasteiger partial charge in [0, 0.05) is 6.42 Å². The van der Waals surface area contributed by atoms with Crippen LogP contribution in [0.1, 0.15) is 187 Å². The third-order valence-corrected chi connectivity index (χ3v) is 9.43. The van der Waals surface area contributed by atoms with Crippen molar-refractivity contribution in [1.82, 2.24) is 4.90 Å². The van der Waals surface area contributed by atoms with E-state index in [1.807, 2.05) is 14.1 Å². The minimum absolute atomic E-state index is 0.00690. The molecule has 0 aromatic carbocycles. The highest BCUT2D eigenvalue weighted by Crippen LogP contribution is 2.44. The number of ether oxygens (including phenoxy) is 1. The van der Waals surface area contributed by atoms with Crippen LogP contribution in [0.3, 0.4) is 0 Å². The summed E-state index contributed by atoms with van der Waals surface area (Å²) in [7, 11) is 4.10. The van der Waals surface area contributed by atoms with Gasteiger partial charge in [0.05, 0.1) is 6.61 Å². The van der Waals surface area contributed by atoms with Crippen LogP contribution in [-0.2, 0) is 9.53 Å². The van der Waals surface area contributed by atoms with Crippen molar-refractivity contribution in [1.29, 1.82) is 0 Å². The molecule has 1 fully saturated rings. The highest BCUT2D eigenvalue weighted by molar-refractivity contribution is 5.69. The van der Waals surface area contributed by atoms with Gasteiger partial charge in [-0.1, -0.05) is 162 Å². The fourth-order valence-corrected chi connectivity index (χ4v) is 6.54. The number of esters is 1. The molecule has 1 aliphatic rings. The second-order valence-corrected chi connectivity index (χ2v) is 13.7. The van der Waals surface area contributed by atoms with Gasteiger partial charge >= 0.3 is 5.97 Å². The van der Waals surface area contributed by atoms with E-state index in [-0.39, 0.29) is 5.97 Å². The molecule has 1 aliphatic carbocycles. The lowest BCUT2D eigenvalue weighted by Crippen LogP contribution is -2.15. The lowest BCUT2D eigenvalue weighted by Gasteiger charge is -2.17. The fourth-order valence-electron chi connectivity index (χ4n) is 6.54. The zero-order valence-corrected chi connectivity index (χ0v) is 28.0. The Morgan fingerprint density at radius 1 is 0.625 bits per heavy atom. The Morgan fingerprint density at radius 3 is 1.57 bits per heavy atom. The summed E-state index contributed by atoms with van der Waals surface area (Å²) >= 11 is 0. The Kier molecular flexibility index (Phi) is 25.5. The molecule has 0 spiro atoms. The Labute approximate surface area is 252 Å². The van der Waals surface area contributed by atoms with Crippen molar-refractivity contribution in [2.45, 2.75) is 187 Å². The molecule has 1 saturated carbocycles. The summed E-state index contributed by atoms with van der Waals surface area (Å²) in [6, 6.07) is 0. The summed E-state index contributed by atoms with van der Waals surface area (Å²) < 4.78 is 5.47. The lowest BCUT2D eigenvalue weighted by atomic mass is 9.89. The van der Waals surface area contributed by atoms with Gasteiger partial charge in [0.25, 0.3) is 0 Å². The van der Waals surface area contributed by atoms with Crippen molar-refractivity contribution in [3.8, 4) is 0 Å². The largest absolute Gasteiger partial charge is 0.466 e. The number of carbonyl (C=O) groups is 1. The van der Waals surface area contributed by atoms with Gasteiger partial charge in [-0.3, -0.25) is 4.79 Å². The summed E-state index contributed by atoms with van der Waals surface area (Å²) in [5.41, 5.74) is 0. The quantitative estimate of drug-likeness (QED) is 0.0620. The van der Waals surface area contributed by atoms with E-state index in [0.717, 1.165) is 37.1 Å². The average molecular weight is 564 g/mol. The topological polar surface area (TPSA) is 29.5 Å². The van der Waals surface area contributed by atoms with Crippen LogP contribution in [0.25, 0.3) is 0 Å². The maximum atomic E-state index is 11.9. The molecule has 238 valence electrons. The van der Waals surface area contributed by atoms with Crippen molar-refractivity contribution in [3.63, 3.8) is 0 Å². The number of nitrogens with zero attached hydrogens (tertiary/aromatic N) is 1. The van der Waals surface area contributed by atoms with Gasteiger partial charge in [-0.15, -0.1) is 0 Å². The normalized spacial score (nSPS) is 16.8. The van der Waals surface area contributed by atoms with Gasteiger partial charge < -0.3 is 9.64 Å². The molecule has 3 heteroatoms. The second kappa shape index (κ2) is 27.3. The Balaban J connectivity index is 2.10. The minimum Gasteiger partial charge on any atom is -0.466 e. The molecule has 3 nitrogen and oxygen atoms in total. The monoisotopic (exact) mass is 564 g/mol. The first-order valence-electron chi connectivity index (χ1n) is 18.4. The SMILES string of the molecule is CCCCCCCCCCC(CCCCCCCCCC)CCCCCC1CC1CCOC(=O)CCCN(C)C. The number of hydrogen-bond donors (Lipinski definition) is 0. The molecular formula is C37H73NO2. The van der Waals surface area contributed by atoms with Crippen molar-refractivity contribution in [2.24, 2.45) is 17.8 Å². The number of unbranched alkanes of at least 4 members (excludes halogenated alkanes) is 16. The first kappa shape index (κ1) is 37.5. The van der Waals surface area contributed by atoms with Gasteiger partial charge in [-0.2, -0.15) is 0 Å². The highest BCUT2D eigenvalue weighted by atomic mass is 16.5. The Morgan fingerprint density at radius 2 is 1.07 bits per heavy atom. The van der Waals surface area contributed by atoms with Crippen LogP contribution in [0.5, 0.6) is 0 Å². The molecule has 2 unspecified atom stereocenters. The third-order valence-electron chi connectivity index (χ3n) is 9.43. The van der Waals surface area contributed by atoms with Crippen molar-refractivity contribution >= 4 is 5.97 Å². The summed E-state index contributed by atoms with van der Waals surface area (Å²) in [5, 5.41) is 0. The summed E-state index contributed by atoms with van der Waals surface area (Å²) in [4.78, 5) is 14.0. The maximum Gasteiger partial charge on any atom is 0.305 e. The fraction of sp³-hybridized carbons (Fsp3) is 0.973. The van der Waals surface area contributed by atoms with E-state index < -0.39 is 0 Å². The predicted octanol–water partition coefficient (Wildman–Crippen LogP) is 11.5. The molecule has 0 N–H and O–H groups in total. The van der Waals surface area contributed by atoms with Crippen LogP contribution >= 0.6 is 0 Å². The number of rotatable bonds is 31. The van der Waals surface area contributed by atoms with Gasteiger partial charge in [-0.25, -0.2) is 0 Å². The number of hydrogen-bond acceptors (Lipinski definition) is 3. The molecule has 0 amide bonds. The zero-order valence-electron chi connectivity index (χ0n) is 28.0. The maximum absolute atomic E-state index is 11.9. The molecule has 0 bridgehead atoms. The first-order chi connectivity index (χ1) is 19.6. The molecule has 0 aromatic rings. The molecule has 0 aromatic heterocycles. The second-order valence-electron chi connectivity index (χ2n) is 13.7. The van der Waals surface area contributed by atoms with E-state index in [4.69, 9.17) is 4.74 Å². The van der Waals surface area contributed by atoms with Crippen LogP contribution in [0, 0.1) is 17.8 Å². The summed E-state index contributed by atoms with van der Waals surface area (Å²) in [6.07, 6.45) is 37.2. The molecule has 0 radical (unpaired) electrons. The van der Waals surface area contributed by atoms with Crippen LogP contribution < -0.4 is 0 Å². The van der Waals surface area contributed by atoms with E-state index in [0.29, 0.717) is 13.0 Å². The van der Waals surface area contributed by atoms with E-state index in [9.17, 15) is 4.79 Å². The van der Waals surface area contributed by atoms with Crippen LogP contribution in [0.15, 0.2) is 0 Å².